The van der Waals surface area contributed by atoms with Crippen LogP contribution in [-0.2, 0) is 14.3 Å². The van der Waals surface area contributed by atoms with Gasteiger partial charge in [0.2, 0.25) is 0 Å². The average molecular weight is 199 g/mol. The molecule has 14 heavy (non-hydrogen) atoms. The number of carbonyl (C=O) groups is 1. The fourth-order valence-corrected chi connectivity index (χ4v) is 2.44. The smallest absolute Gasteiger partial charge is 0.311 e. The molecule has 2 heterocycles. The first kappa shape index (κ1) is 9.93. The van der Waals surface area contributed by atoms with E-state index in [4.69, 9.17) is 9.47 Å². The third kappa shape index (κ3) is 1.77. The molecule has 1 N–H and O–H groups in total. The molecule has 0 aliphatic carbocycles. The van der Waals surface area contributed by atoms with Crippen molar-refractivity contribution in [2.45, 2.75) is 18.9 Å². The lowest BCUT2D eigenvalue weighted by Crippen LogP contribution is -2.33. The molecule has 0 amide bonds. The van der Waals surface area contributed by atoms with Crippen LogP contribution in [0.2, 0.25) is 0 Å². The van der Waals surface area contributed by atoms with Crippen LogP contribution in [0, 0.1) is 11.8 Å². The highest BCUT2D eigenvalue weighted by atomic mass is 16.5. The van der Waals surface area contributed by atoms with Gasteiger partial charge in [0.15, 0.2) is 0 Å². The number of hydrogen-bond acceptors (Lipinski definition) is 4. The lowest BCUT2D eigenvalue weighted by molar-refractivity contribution is -0.148. The van der Waals surface area contributed by atoms with Crippen LogP contribution >= 0.6 is 0 Å². The number of methoxy groups -OCH3 is 1. The first-order chi connectivity index (χ1) is 6.83. The highest BCUT2D eigenvalue weighted by Gasteiger charge is 2.40. The lowest BCUT2D eigenvalue weighted by Gasteiger charge is -2.21. The van der Waals surface area contributed by atoms with Crippen LogP contribution in [0.4, 0.5) is 0 Å². The molecule has 1 unspecified atom stereocenters. The molecule has 0 aromatic carbocycles. The van der Waals surface area contributed by atoms with Crippen molar-refractivity contribution < 1.29 is 14.3 Å². The summed E-state index contributed by atoms with van der Waals surface area (Å²) in [6.07, 6.45) is 2.00. The second-order valence-electron chi connectivity index (χ2n) is 4.01. The standard InChI is InChI=1S/C10H17NO3/c1-13-10(12)8-3-5-14-9(8)7-2-4-11-6-7/h7-9,11H,2-6H2,1H3/t7?,8-,9+/m1/s1. The van der Waals surface area contributed by atoms with Gasteiger partial charge in [0.1, 0.15) is 0 Å². The summed E-state index contributed by atoms with van der Waals surface area (Å²) in [5.41, 5.74) is 0. The predicted octanol–water partition coefficient (Wildman–Crippen LogP) is 0.174. The summed E-state index contributed by atoms with van der Waals surface area (Å²) in [6, 6.07) is 0. The monoisotopic (exact) mass is 199 g/mol. The molecule has 0 aromatic heterocycles. The third-order valence-electron chi connectivity index (χ3n) is 3.20. The zero-order chi connectivity index (χ0) is 9.97. The Morgan fingerprint density at radius 3 is 3.00 bits per heavy atom. The van der Waals surface area contributed by atoms with Crippen molar-refractivity contribution in [3.63, 3.8) is 0 Å². The van der Waals surface area contributed by atoms with E-state index in [9.17, 15) is 4.79 Å². The summed E-state index contributed by atoms with van der Waals surface area (Å²) < 4.78 is 10.4. The molecule has 2 fully saturated rings. The van der Waals surface area contributed by atoms with Gasteiger partial charge >= 0.3 is 5.97 Å². The second-order valence-corrected chi connectivity index (χ2v) is 4.01. The van der Waals surface area contributed by atoms with E-state index < -0.39 is 0 Å². The summed E-state index contributed by atoms with van der Waals surface area (Å²) in [7, 11) is 1.45. The van der Waals surface area contributed by atoms with Crippen LogP contribution < -0.4 is 5.32 Å². The lowest BCUT2D eigenvalue weighted by atomic mass is 9.90. The summed E-state index contributed by atoms with van der Waals surface area (Å²) in [5, 5.41) is 3.29. The third-order valence-corrected chi connectivity index (χ3v) is 3.20. The quantitative estimate of drug-likeness (QED) is 0.644. The molecule has 0 bridgehead atoms. The fraction of sp³-hybridized carbons (Fsp3) is 0.900. The number of rotatable bonds is 2. The molecule has 0 radical (unpaired) electrons. The fourth-order valence-electron chi connectivity index (χ4n) is 2.44. The van der Waals surface area contributed by atoms with Gasteiger partial charge < -0.3 is 14.8 Å². The topological polar surface area (TPSA) is 47.6 Å². The van der Waals surface area contributed by atoms with Gasteiger partial charge in [-0.05, 0) is 25.3 Å². The Bertz CT molecular complexity index is 213. The molecular weight excluding hydrogens is 182 g/mol. The van der Waals surface area contributed by atoms with Gasteiger partial charge in [-0.2, -0.15) is 0 Å². The maximum Gasteiger partial charge on any atom is 0.311 e. The molecule has 0 spiro atoms. The number of esters is 1. The molecule has 4 nitrogen and oxygen atoms in total. The Morgan fingerprint density at radius 1 is 1.50 bits per heavy atom. The largest absolute Gasteiger partial charge is 0.469 e. The minimum Gasteiger partial charge on any atom is -0.469 e. The maximum absolute atomic E-state index is 11.5. The van der Waals surface area contributed by atoms with Gasteiger partial charge in [-0.15, -0.1) is 0 Å². The van der Waals surface area contributed by atoms with Gasteiger partial charge in [0.05, 0.1) is 19.1 Å². The summed E-state index contributed by atoms with van der Waals surface area (Å²) >= 11 is 0. The van der Waals surface area contributed by atoms with E-state index in [0.717, 1.165) is 25.9 Å². The highest BCUT2D eigenvalue weighted by Crippen LogP contribution is 2.30. The van der Waals surface area contributed by atoms with Gasteiger partial charge in [-0.1, -0.05) is 0 Å². The molecule has 2 saturated heterocycles. The van der Waals surface area contributed by atoms with Crippen molar-refractivity contribution in [2.75, 3.05) is 26.8 Å². The molecule has 3 atom stereocenters. The number of hydrogen-bond donors (Lipinski definition) is 1. The van der Waals surface area contributed by atoms with Crippen LogP contribution in [0.25, 0.3) is 0 Å². The van der Waals surface area contributed by atoms with Gasteiger partial charge in [0, 0.05) is 13.2 Å². The average Bonchev–Trinajstić information content (AvgIpc) is 2.85. The Labute approximate surface area is 84.0 Å². The van der Waals surface area contributed by atoms with Crippen molar-refractivity contribution in [1.82, 2.24) is 5.32 Å². The maximum atomic E-state index is 11.5. The number of nitrogens with one attached hydrogen (secondary N) is 1. The molecule has 2 rings (SSSR count). The van der Waals surface area contributed by atoms with Crippen molar-refractivity contribution >= 4 is 5.97 Å². The van der Waals surface area contributed by atoms with Gasteiger partial charge in [0.25, 0.3) is 0 Å². The van der Waals surface area contributed by atoms with Crippen LogP contribution in [0.3, 0.4) is 0 Å². The number of carbonyl (C=O) groups excluding carboxylic acids is 1. The van der Waals surface area contributed by atoms with Crippen LogP contribution in [-0.4, -0.2) is 38.9 Å². The minimum atomic E-state index is -0.112. The molecule has 4 heteroatoms. The molecular formula is C10H17NO3. The van der Waals surface area contributed by atoms with E-state index in [-0.39, 0.29) is 18.0 Å². The number of ether oxygens (including phenoxy) is 2. The molecule has 80 valence electrons. The highest BCUT2D eigenvalue weighted by molar-refractivity contribution is 5.73. The zero-order valence-electron chi connectivity index (χ0n) is 8.49. The molecule has 0 aromatic rings. The van der Waals surface area contributed by atoms with E-state index in [1.54, 1.807) is 0 Å². The van der Waals surface area contributed by atoms with Crippen molar-refractivity contribution in [1.29, 1.82) is 0 Å². The van der Waals surface area contributed by atoms with Crippen molar-refractivity contribution in [2.24, 2.45) is 11.8 Å². The molecule has 2 aliphatic heterocycles. The van der Waals surface area contributed by atoms with Crippen LogP contribution in [0.5, 0.6) is 0 Å². The van der Waals surface area contributed by atoms with E-state index in [2.05, 4.69) is 5.32 Å². The van der Waals surface area contributed by atoms with Crippen molar-refractivity contribution in [3.8, 4) is 0 Å². The Morgan fingerprint density at radius 2 is 2.36 bits per heavy atom. The van der Waals surface area contributed by atoms with Crippen LogP contribution in [0.1, 0.15) is 12.8 Å². The van der Waals surface area contributed by atoms with Gasteiger partial charge in [-0.3, -0.25) is 4.79 Å². The Balaban J connectivity index is 1.98. The molecule has 2 aliphatic rings. The summed E-state index contributed by atoms with van der Waals surface area (Å²) in [6.45, 7) is 2.71. The van der Waals surface area contributed by atoms with E-state index in [1.165, 1.54) is 7.11 Å². The normalized spacial score (nSPS) is 37.4. The van der Waals surface area contributed by atoms with E-state index in [1.807, 2.05) is 0 Å². The van der Waals surface area contributed by atoms with E-state index >= 15 is 0 Å². The first-order valence-electron chi connectivity index (χ1n) is 5.23. The van der Waals surface area contributed by atoms with Gasteiger partial charge in [-0.25, -0.2) is 0 Å². The Hall–Kier alpha value is -0.610. The van der Waals surface area contributed by atoms with Crippen LogP contribution in [0.15, 0.2) is 0 Å². The minimum absolute atomic E-state index is 0.0371. The second kappa shape index (κ2) is 4.28. The Kier molecular flexibility index (Phi) is 3.03. The summed E-state index contributed by atoms with van der Waals surface area (Å²) in [5.74, 6) is 0.339. The molecule has 0 saturated carbocycles. The first-order valence-corrected chi connectivity index (χ1v) is 5.23. The zero-order valence-corrected chi connectivity index (χ0v) is 8.49. The predicted molar refractivity (Wildman–Crippen MR) is 50.8 cm³/mol. The van der Waals surface area contributed by atoms with E-state index in [0.29, 0.717) is 12.5 Å². The summed E-state index contributed by atoms with van der Waals surface area (Å²) in [4.78, 5) is 11.5. The van der Waals surface area contributed by atoms with Crippen molar-refractivity contribution in [3.05, 3.63) is 0 Å². The SMILES string of the molecule is COC(=O)[C@@H]1CCO[C@H]1C1CCNC1.